The summed E-state index contributed by atoms with van der Waals surface area (Å²) >= 11 is 0. The smallest absolute Gasteiger partial charge is 0.272 e. The van der Waals surface area contributed by atoms with E-state index >= 15 is 0 Å². The van der Waals surface area contributed by atoms with Crippen LogP contribution < -0.4 is 0 Å². The normalized spacial score (nSPS) is 14.5. The average Bonchev–Trinajstić information content (AvgIpc) is 3.07. The van der Waals surface area contributed by atoms with Gasteiger partial charge in [-0.2, -0.15) is 5.10 Å². The highest BCUT2D eigenvalue weighted by Gasteiger charge is 2.25. The summed E-state index contributed by atoms with van der Waals surface area (Å²) in [5, 5.41) is 15.8. The Kier molecular flexibility index (Phi) is 6.05. The second-order valence-electron chi connectivity index (χ2n) is 8.22. The Bertz CT molecular complexity index is 1150. The van der Waals surface area contributed by atoms with Crippen LogP contribution in [0.1, 0.15) is 32.9 Å². The molecular formula is C24H27N5O3. The third-order valence-electron chi connectivity index (χ3n) is 6.12. The molecule has 0 saturated carbocycles. The minimum absolute atomic E-state index is 0.0353. The summed E-state index contributed by atoms with van der Waals surface area (Å²) in [6.45, 7) is 9.38. The summed E-state index contributed by atoms with van der Waals surface area (Å²) in [7, 11) is 0. The molecule has 1 aromatic heterocycles. The van der Waals surface area contributed by atoms with Crippen molar-refractivity contribution in [2.24, 2.45) is 0 Å². The molecule has 1 aliphatic rings. The van der Waals surface area contributed by atoms with Crippen molar-refractivity contribution in [3.8, 4) is 5.69 Å². The Labute approximate surface area is 187 Å². The number of aromatic nitrogens is 2. The third kappa shape index (κ3) is 4.27. The van der Waals surface area contributed by atoms with Crippen LogP contribution in [0.25, 0.3) is 5.69 Å². The van der Waals surface area contributed by atoms with Crippen molar-refractivity contribution in [3.05, 3.63) is 86.7 Å². The summed E-state index contributed by atoms with van der Waals surface area (Å²) in [5.74, 6) is -0.0769. The fourth-order valence-electron chi connectivity index (χ4n) is 4.23. The van der Waals surface area contributed by atoms with Crippen molar-refractivity contribution in [3.63, 3.8) is 0 Å². The van der Waals surface area contributed by atoms with Gasteiger partial charge in [0.05, 0.1) is 16.3 Å². The van der Waals surface area contributed by atoms with Gasteiger partial charge in [0, 0.05) is 61.2 Å². The Morgan fingerprint density at radius 3 is 2.34 bits per heavy atom. The molecule has 4 rings (SSSR count). The summed E-state index contributed by atoms with van der Waals surface area (Å²) in [6, 6.07) is 14.7. The minimum atomic E-state index is -0.424. The first kappa shape index (κ1) is 21.7. The van der Waals surface area contributed by atoms with Crippen molar-refractivity contribution in [1.29, 1.82) is 0 Å². The zero-order valence-electron chi connectivity index (χ0n) is 18.6. The molecule has 0 radical (unpaired) electrons. The SMILES string of the molecule is Cc1cc(C(=O)N2CCN(Cc3c(C)nn(-c4ccccc4)c3C)CC2)ccc1[N+](=O)[O-]. The number of hydrogen-bond acceptors (Lipinski definition) is 5. The van der Waals surface area contributed by atoms with Crippen molar-refractivity contribution in [1.82, 2.24) is 19.6 Å². The number of amides is 1. The van der Waals surface area contributed by atoms with E-state index in [0.717, 1.165) is 36.7 Å². The van der Waals surface area contributed by atoms with Gasteiger partial charge in [0.2, 0.25) is 0 Å². The average molecular weight is 434 g/mol. The van der Waals surface area contributed by atoms with Gasteiger partial charge in [-0.25, -0.2) is 4.68 Å². The Balaban J connectivity index is 1.40. The molecule has 3 aromatic rings. The van der Waals surface area contributed by atoms with Crippen LogP contribution in [0.15, 0.2) is 48.5 Å². The summed E-state index contributed by atoms with van der Waals surface area (Å²) in [4.78, 5) is 27.7. The number of rotatable bonds is 5. The van der Waals surface area contributed by atoms with E-state index in [0.29, 0.717) is 24.2 Å². The predicted octanol–water partition coefficient (Wildman–Crippen LogP) is 3.66. The molecule has 1 amide bonds. The van der Waals surface area contributed by atoms with Crippen LogP contribution in [0.3, 0.4) is 0 Å². The fraction of sp³-hybridized carbons (Fsp3) is 0.333. The fourth-order valence-corrected chi connectivity index (χ4v) is 4.23. The molecular weight excluding hydrogens is 406 g/mol. The molecule has 0 N–H and O–H groups in total. The van der Waals surface area contributed by atoms with Gasteiger partial charge in [0.25, 0.3) is 11.6 Å². The van der Waals surface area contributed by atoms with Gasteiger partial charge in [-0.15, -0.1) is 0 Å². The number of nitro benzene ring substituents is 1. The standard InChI is InChI=1S/C24H27N5O3/c1-17-15-20(9-10-23(17)29(31)32)24(30)27-13-11-26(12-14-27)16-22-18(2)25-28(19(22)3)21-7-5-4-6-8-21/h4-10,15H,11-14,16H2,1-3H3. The van der Waals surface area contributed by atoms with Gasteiger partial charge >= 0.3 is 0 Å². The van der Waals surface area contributed by atoms with E-state index in [2.05, 4.69) is 11.8 Å². The number of carbonyl (C=O) groups is 1. The topological polar surface area (TPSA) is 84.5 Å². The molecule has 0 atom stereocenters. The number of hydrogen-bond donors (Lipinski definition) is 0. The molecule has 8 nitrogen and oxygen atoms in total. The molecule has 2 heterocycles. The third-order valence-corrected chi connectivity index (χ3v) is 6.12. The highest BCUT2D eigenvalue weighted by Crippen LogP contribution is 2.22. The van der Waals surface area contributed by atoms with Crippen LogP contribution in [0.5, 0.6) is 0 Å². The zero-order valence-corrected chi connectivity index (χ0v) is 18.6. The van der Waals surface area contributed by atoms with Crippen LogP contribution in [0.4, 0.5) is 5.69 Å². The van der Waals surface area contributed by atoms with Gasteiger partial charge < -0.3 is 4.90 Å². The largest absolute Gasteiger partial charge is 0.336 e. The predicted molar refractivity (Wildman–Crippen MR) is 122 cm³/mol. The maximum Gasteiger partial charge on any atom is 0.272 e. The van der Waals surface area contributed by atoms with Crippen LogP contribution in [-0.4, -0.2) is 56.6 Å². The Morgan fingerprint density at radius 2 is 1.72 bits per heavy atom. The Morgan fingerprint density at radius 1 is 1.03 bits per heavy atom. The van der Waals surface area contributed by atoms with E-state index in [9.17, 15) is 14.9 Å². The van der Waals surface area contributed by atoms with Crippen LogP contribution >= 0.6 is 0 Å². The highest BCUT2D eigenvalue weighted by atomic mass is 16.6. The van der Waals surface area contributed by atoms with Gasteiger partial charge in [0.1, 0.15) is 0 Å². The lowest BCUT2D eigenvalue weighted by Crippen LogP contribution is -2.48. The highest BCUT2D eigenvalue weighted by molar-refractivity contribution is 5.94. The molecule has 1 aliphatic heterocycles. The van der Waals surface area contributed by atoms with Crippen molar-refractivity contribution < 1.29 is 9.72 Å². The lowest BCUT2D eigenvalue weighted by atomic mass is 10.1. The Hall–Kier alpha value is -3.52. The van der Waals surface area contributed by atoms with Gasteiger partial charge in [0.15, 0.2) is 0 Å². The molecule has 1 fully saturated rings. The number of nitrogens with zero attached hydrogens (tertiary/aromatic N) is 5. The lowest BCUT2D eigenvalue weighted by Gasteiger charge is -2.35. The van der Waals surface area contributed by atoms with E-state index in [4.69, 9.17) is 5.10 Å². The van der Waals surface area contributed by atoms with Crippen LogP contribution in [-0.2, 0) is 6.54 Å². The number of aryl methyl sites for hydroxylation is 2. The number of benzene rings is 2. The van der Waals surface area contributed by atoms with Crippen molar-refractivity contribution in [2.75, 3.05) is 26.2 Å². The second kappa shape index (κ2) is 8.92. The molecule has 166 valence electrons. The van der Waals surface area contributed by atoms with E-state index < -0.39 is 4.92 Å². The summed E-state index contributed by atoms with van der Waals surface area (Å²) < 4.78 is 1.99. The van der Waals surface area contributed by atoms with Gasteiger partial charge in [-0.1, -0.05) is 18.2 Å². The summed E-state index contributed by atoms with van der Waals surface area (Å²) in [5.41, 5.74) is 5.46. The van der Waals surface area contributed by atoms with E-state index in [-0.39, 0.29) is 11.6 Å². The first-order valence-electron chi connectivity index (χ1n) is 10.7. The first-order valence-corrected chi connectivity index (χ1v) is 10.7. The lowest BCUT2D eigenvalue weighted by molar-refractivity contribution is -0.385. The van der Waals surface area contributed by atoms with Crippen molar-refractivity contribution >= 4 is 11.6 Å². The van der Waals surface area contributed by atoms with E-state index in [1.807, 2.05) is 46.8 Å². The summed E-state index contributed by atoms with van der Waals surface area (Å²) in [6.07, 6.45) is 0. The molecule has 0 unspecified atom stereocenters. The number of piperazine rings is 1. The quantitative estimate of drug-likeness (QED) is 0.453. The first-order chi connectivity index (χ1) is 15.3. The number of nitro groups is 1. The molecule has 0 spiro atoms. The number of para-hydroxylation sites is 1. The molecule has 0 bridgehead atoms. The molecule has 0 aliphatic carbocycles. The van der Waals surface area contributed by atoms with Gasteiger partial charge in [-0.05, 0) is 45.0 Å². The molecule has 8 heteroatoms. The van der Waals surface area contributed by atoms with E-state index in [1.54, 1.807) is 19.1 Å². The van der Waals surface area contributed by atoms with Crippen LogP contribution in [0.2, 0.25) is 0 Å². The zero-order chi connectivity index (χ0) is 22.8. The molecule has 32 heavy (non-hydrogen) atoms. The monoisotopic (exact) mass is 433 g/mol. The molecule has 1 saturated heterocycles. The molecule has 2 aromatic carbocycles. The maximum atomic E-state index is 12.9. The van der Waals surface area contributed by atoms with Gasteiger partial charge in [-0.3, -0.25) is 19.8 Å². The number of carbonyl (C=O) groups excluding carboxylic acids is 1. The minimum Gasteiger partial charge on any atom is -0.336 e. The van der Waals surface area contributed by atoms with Crippen LogP contribution in [0, 0.1) is 30.9 Å². The van der Waals surface area contributed by atoms with Crippen molar-refractivity contribution in [2.45, 2.75) is 27.3 Å². The second-order valence-corrected chi connectivity index (χ2v) is 8.22. The van der Waals surface area contributed by atoms with E-state index in [1.165, 1.54) is 11.6 Å². The maximum absolute atomic E-state index is 12.9.